The van der Waals surface area contributed by atoms with E-state index in [9.17, 15) is 14.0 Å². The predicted octanol–water partition coefficient (Wildman–Crippen LogP) is 6.16. The van der Waals surface area contributed by atoms with Crippen LogP contribution in [0.4, 0.5) is 10.1 Å². The summed E-state index contributed by atoms with van der Waals surface area (Å²) in [5, 5.41) is 7.46. The number of nitrogens with one attached hydrogen (secondary N) is 1. The van der Waals surface area contributed by atoms with Crippen molar-refractivity contribution in [3.05, 3.63) is 91.7 Å². The van der Waals surface area contributed by atoms with Crippen molar-refractivity contribution in [3.8, 4) is 11.5 Å². The second-order valence-electron chi connectivity index (χ2n) is 9.56. The highest BCUT2D eigenvalue weighted by Crippen LogP contribution is 2.36. The summed E-state index contributed by atoms with van der Waals surface area (Å²) in [5.41, 5.74) is 0.331. The molecule has 4 rings (SSSR count). The number of methoxy groups -OCH3 is 1. The van der Waals surface area contributed by atoms with Gasteiger partial charge in [0.2, 0.25) is 0 Å². The van der Waals surface area contributed by atoms with E-state index in [0.29, 0.717) is 22.3 Å². The quantitative estimate of drug-likeness (QED) is 0.252. The number of rotatable bonds is 7. The van der Waals surface area contributed by atoms with Gasteiger partial charge < -0.3 is 14.8 Å². The number of fused-ring (bicyclic) bond motifs is 1. The van der Waals surface area contributed by atoms with Crippen molar-refractivity contribution >= 4 is 56.2 Å². The molecule has 0 spiro atoms. The molecular weight excluding hydrogens is 591 g/mol. The molecule has 0 saturated heterocycles. The molecule has 11 heteroatoms. The summed E-state index contributed by atoms with van der Waals surface area (Å²) in [6.45, 7) is 5.40. The average Bonchev–Trinajstić information content (AvgIpc) is 2.88. The van der Waals surface area contributed by atoms with E-state index in [1.165, 1.54) is 36.2 Å². The number of carbonyl (C=O) groups excluding carboxylic acids is 1. The molecule has 1 aromatic heterocycles. The minimum Gasteiger partial charge on any atom is -0.493 e. The SMILES string of the molecule is COc1cc(C=Nn2c(C(C)(C)C)nc3ccc(Br)cc3c2=O)cc(Cl)c1OCC(=O)Nc1ccccc1F. The van der Waals surface area contributed by atoms with Crippen molar-refractivity contribution in [2.45, 2.75) is 26.2 Å². The number of nitrogens with zero attached hydrogens (tertiary/aromatic N) is 3. The van der Waals surface area contributed by atoms with Gasteiger partial charge in [-0.2, -0.15) is 9.78 Å². The van der Waals surface area contributed by atoms with Gasteiger partial charge in [-0.25, -0.2) is 9.37 Å². The van der Waals surface area contributed by atoms with Crippen molar-refractivity contribution in [3.63, 3.8) is 0 Å². The number of benzene rings is 3. The first-order chi connectivity index (χ1) is 18.5. The van der Waals surface area contributed by atoms with E-state index in [1.54, 1.807) is 30.3 Å². The van der Waals surface area contributed by atoms with Gasteiger partial charge in [-0.3, -0.25) is 9.59 Å². The zero-order valence-corrected chi connectivity index (χ0v) is 23.9. The van der Waals surface area contributed by atoms with Crippen LogP contribution in [0.15, 0.2) is 69.0 Å². The summed E-state index contributed by atoms with van der Waals surface area (Å²) >= 11 is 9.85. The van der Waals surface area contributed by atoms with E-state index in [-0.39, 0.29) is 27.8 Å². The van der Waals surface area contributed by atoms with Crippen LogP contribution in [0.25, 0.3) is 10.9 Å². The van der Waals surface area contributed by atoms with Gasteiger partial charge in [0.15, 0.2) is 18.1 Å². The number of anilines is 1. The Hall–Kier alpha value is -3.76. The molecule has 1 N–H and O–H groups in total. The van der Waals surface area contributed by atoms with Crippen molar-refractivity contribution in [1.82, 2.24) is 9.66 Å². The van der Waals surface area contributed by atoms with Crippen LogP contribution < -0.4 is 20.3 Å². The Balaban J connectivity index is 1.62. The molecule has 0 aliphatic heterocycles. The van der Waals surface area contributed by atoms with Crippen LogP contribution in [0.2, 0.25) is 5.02 Å². The van der Waals surface area contributed by atoms with Gasteiger partial charge in [-0.1, -0.05) is 60.4 Å². The molecule has 8 nitrogen and oxygen atoms in total. The van der Waals surface area contributed by atoms with E-state index >= 15 is 0 Å². The second kappa shape index (κ2) is 11.5. The first-order valence-corrected chi connectivity index (χ1v) is 13.0. The second-order valence-corrected chi connectivity index (χ2v) is 10.9. The minimum absolute atomic E-state index is 0.0381. The van der Waals surface area contributed by atoms with Crippen molar-refractivity contribution in [2.75, 3.05) is 19.0 Å². The maximum absolute atomic E-state index is 13.8. The van der Waals surface area contributed by atoms with E-state index in [4.69, 9.17) is 26.1 Å². The predicted molar refractivity (Wildman–Crippen MR) is 154 cm³/mol. The molecule has 4 aromatic rings. The molecule has 0 unspecified atom stereocenters. The highest BCUT2D eigenvalue weighted by Gasteiger charge is 2.23. The molecule has 0 atom stereocenters. The third-order valence-corrected chi connectivity index (χ3v) is 6.32. The zero-order valence-electron chi connectivity index (χ0n) is 21.6. The summed E-state index contributed by atoms with van der Waals surface area (Å²) in [7, 11) is 1.42. The number of hydrogen-bond acceptors (Lipinski definition) is 6. The molecule has 0 aliphatic rings. The Morgan fingerprint density at radius 2 is 1.95 bits per heavy atom. The molecule has 0 saturated carbocycles. The minimum atomic E-state index is -0.576. The van der Waals surface area contributed by atoms with Crippen LogP contribution in [0.1, 0.15) is 32.2 Å². The Bertz CT molecular complexity index is 1650. The number of para-hydroxylation sites is 1. The van der Waals surface area contributed by atoms with Gasteiger partial charge in [-0.05, 0) is 48.0 Å². The molecule has 39 heavy (non-hydrogen) atoms. The van der Waals surface area contributed by atoms with E-state index in [0.717, 1.165) is 4.47 Å². The topological polar surface area (TPSA) is 94.8 Å². The number of hydrogen-bond donors (Lipinski definition) is 1. The zero-order chi connectivity index (χ0) is 28.3. The third-order valence-electron chi connectivity index (χ3n) is 5.55. The van der Waals surface area contributed by atoms with Gasteiger partial charge in [0, 0.05) is 9.89 Å². The fourth-order valence-corrected chi connectivity index (χ4v) is 4.34. The van der Waals surface area contributed by atoms with Crippen molar-refractivity contribution < 1.29 is 18.7 Å². The van der Waals surface area contributed by atoms with Crippen LogP contribution in [0.5, 0.6) is 11.5 Å². The number of halogens is 3. The lowest BCUT2D eigenvalue weighted by Gasteiger charge is -2.21. The van der Waals surface area contributed by atoms with E-state index in [1.807, 2.05) is 26.8 Å². The standard InChI is InChI=1S/C28H25BrClFN4O4/c1-28(2,3)27-34-21-10-9-17(29)13-18(21)26(37)35(27)32-14-16-11-19(30)25(23(12-16)38-4)39-15-24(36)33-22-8-6-5-7-20(22)31/h5-14H,15H2,1-4H3,(H,33,36). The Morgan fingerprint density at radius 3 is 2.64 bits per heavy atom. The van der Waals surface area contributed by atoms with Gasteiger partial charge in [0.05, 0.1) is 34.9 Å². The molecule has 0 fully saturated rings. The first kappa shape index (κ1) is 28.3. The lowest BCUT2D eigenvalue weighted by molar-refractivity contribution is -0.118. The highest BCUT2D eigenvalue weighted by molar-refractivity contribution is 9.10. The van der Waals surface area contributed by atoms with Gasteiger partial charge in [0.1, 0.15) is 11.6 Å². The van der Waals surface area contributed by atoms with Gasteiger partial charge >= 0.3 is 0 Å². The normalized spacial score (nSPS) is 11.7. The molecule has 0 radical (unpaired) electrons. The smallest absolute Gasteiger partial charge is 0.282 e. The van der Waals surface area contributed by atoms with Crippen molar-refractivity contribution in [1.29, 1.82) is 0 Å². The summed E-state index contributed by atoms with van der Waals surface area (Å²) < 4.78 is 26.8. The van der Waals surface area contributed by atoms with Gasteiger partial charge in [0.25, 0.3) is 11.5 Å². The molecule has 0 bridgehead atoms. The summed E-state index contributed by atoms with van der Waals surface area (Å²) in [4.78, 5) is 30.4. The largest absolute Gasteiger partial charge is 0.493 e. The van der Waals surface area contributed by atoms with Crippen LogP contribution in [0, 0.1) is 5.82 Å². The fraction of sp³-hybridized carbons (Fsp3) is 0.214. The molecule has 1 amide bonds. The molecule has 202 valence electrons. The van der Waals surface area contributed by atoms with Gasteiger partial charge in [-0.15, -0.1) is 0 Å². The summed E-state index contributed by atoms with van der Waals surface area (Å²) in [6.07, 6.45) is 1.46. The van der Waals surface area contributed by atoms with Crippen LogP contribution in [-0.2, 0) is 10.2 Å². The maximum atomic E-state index is 13.8. The lowest BCUT2D eigenvalue weighted by atomic mass is 9.95. The molecular formula is C28H25BrClFN4O4. The molecule has 1 heterocycles. The van der Waals surface area contributed by atoms with Crippen LogP contribution in [-0.4, -0.2) is 35.5 Å². The van der Waals surface area contributed by atoms with E-state index in [2.05, 4.69) is 26.3 Å². The number of amides is 1. The molecule has 0 aliphatic carbocycles. The first-order valence-electron chi connectivity index (χ1n) is 11.8. The van der Waals surface area contributed by atoms with Crippen molar-refractivity contribution in [2.24, 2.45) is 5.10 Å². The molecule has 3 aromatic carbocycles. The Morgan fingerprint density at radius 1 is 1.21 bits per heavy atom. The number of ether oxygens (including phenoxy) is 2. The van der Waals surface area contributed by atoms with E-state index < -0.39 is 23.7 Å². The summed E-state index contributed by atoms with van der Waals surface area (Å²) in [6, 6.07) is 14.3. The van der Waals surface area contributed by atoms with Crippen LogP contribution in [0.3, 0.4) is 0 Å². The highest BCUT2D eigenvalue weighted by atomic mass is 79.9. The van der Waals surface area contributed by atoms with Crippen LogP contribution >= 0.6 is 27.5 Å². The maximum Gasteiger partial charge on any atom is 0.282 e. The lowest BCUT2D eigenvalue weighted by Crippen LogP contribution is -2.29. The monoisotopic (exact) mass is 614 g/mol. The summed E-state index contributed by atoms with van der Waals surface area (Å²) in [5.74, 6) is -0.282. The Labute approximate surface area is 237 Å². The average molecular weight is 616 g/mol. The fourth-order valence-electron chi connectivity index (χ4n) is 3.71. The third kappa shape index (κ3) is 6.46. The number of aromatic nitrogens is 2. The number of carbonyl (C=O) groups is 1. The Kier molecular flexibility index (Phi) is 8.36.